The van der Waals surface area contributed by atoms with Crippen LogP contribution in [0.25, 0.3) is 33.6 Å². The number of amides is 3. The fourth-order valence-electron chi connectivity index (χ4n) is 7.99. The topological polar surface area (TPSA) is 148 Å². The smallest absolute Gasteiger partial charge is 0.407 e. The Kier molecular flexibility index (Phi) is 9.77. The largest absolute Gasteiger partial charge is 0.453 e. The van der Waals surface area contributed by atoms with Gasteiger partial charge >= 0.3 is 6.09 Å². The van der Waals surface area contributed by atoms with Crippen LogP contribution in [0.2, 0.25) is 0 Å². The van der Waals surface area contributed by atoms with Crippen LogP contribution in [0.5, 0.6) is 0 Å². The van der Waals surface area contributed by atoms with Gasteiger partial charge in [-0.05, 0) is 72.9 Å². The van der Waals surface area contributed by atoms with Crippen molar-refractivity contribution in [2.24, 2.45) is 0 Å². The van der Waals surface area contributed by atoms with E-state index >= 15 is 0 Å². The first-order valence-electron chi connectivity index (χ1n) is 18.5. The van der Waals surface area contributed by atoms with E-state index in [1.807, 2.05) is 47.6 Å². The van der Waals surface area contributed by atoms with Gasteiger partial charge in [0.25, 0.3) is 5.91 Å². The Morgan fingerprint density at radius 1 is 0.717 bits per heavy atom. The number of aromatic amines is 2. The quantitative estimate of drug-likeness (QED) is 0.140. The fraction of sp³-hybridized carbons (Fsp3) is 0.341. The number of hydrogen-bond acceptors (Lipinski definition) is 7. The first kappa shape index (κ1) is 34.3. The van der Waals surface area contributed by atoms with E-state index in [1.165, 1.54) is 7.11 Å². The molecule has 3 aromatic carbocycles. The summed E-state index contributed by atoms with van der Waals surface area (Å²) in [5, 5.41) is 6.06. The number of imidazole rings is 2. The Labute approximate surface area is 308 Å². The number of rotatable bonds is 9. The van der Waals surface area contributed by atoms with E-state index in [-0.39, 0.29) is 29.9 Å². The van der Waals surface area contributed by atoms with E-state index in [1.54, 1.807) is 4.90 Å². The Morgan fingerprint density at radius 3 is 1.81 bits per heavy atom. The molecule has 3 aliphatic heterocycles. The first-order valence-corrected chi connectivity index (χ1v) is 18.5. The molecule has 53 heavy (non-hydrogen) atoms. The molecule has 4 atom stereocenters. The molecule has 0 saturated carbocycles. The summed E-state index contributed by atoms with van der Waals surface area (Å²) in [6.07, 6.45) is 8.48. The van der Waals surface area contributed by atoms with Gasteiger partial charge in [-0.1, -0.05) is 78.9 Å². The van der Waals surface area contributed by atoms with Crippen molar-refractivity contribution in [3.63, 3.8) is 0 Å². The summed E-state index contributed by atoms with van der Waals surface area (Å²) in [6.45, 7) is 2.26. The van der Waals surface area contributed by atoms with Crippen LogP contribution in [0.4, 0.5) is 4.79 Å². The number of methoxy groups -OCH3 is 1. The molecular formula is C41H44N8O4. The predicted octanol–water partition coefficient (Wildman–Crippen LogP) is 6.31. The van der Waals surface area contributed by atoms with E-state index in [4.69, 9.17) is 14.7 Å². The van der Waals surface area contributed by atoms with Gasteiger partial charge in [-0.15, -0.1) is 0 Å². The monoisotopic (exact) mass is 712 g/mol. The lowest BCUT2D eigenvalue weighted by Crippen LogP contribution is -2.43. The lowest BCUT2D eigenvalue weighted by atomic mass is 10.0. The van der Waals surface area contributed by atoms with E-state index in [2.05, 4.69) is 69.1 Å². The zero-order chi connectivity index (χ0) is 36.3. The van der Waals surface area contributed by atoms with Gasteiger partial charge in [0.05, 0.1) is 49.0 Å². The second kappa shape index (κ2) is 15.1. The molecule has 0 unspecified atom stereocenters. The van der Waals surface area contributed by atoms with Gasteiger partial charge < -0.3 is 35.1 Å². The zero-order valence-corrected chi connectivity index (χ0v) is 29.8. The van der Waals surface area contributed by atoms with Crippen molar-refractivity contribution >= 4 is 17.9 Å². The maximum absolute atomic E-state index is 13.9. The van der Waals surface area contributed by atoms with Crippen molar-refractivity contribution < 1.29 is 19.1 Å². The summed E-state index contributed by atoms with van der Waals surface area (Å²) in [4.78, 5) is 59.4. The highest BCUT2D eigenvalue weighted by Gasteiger charge is 2.38. The number of hydrogen-bond donors (Lipinski definition) is 4. The van der Waals surface area contributed by atoms with Gasteiger partial charge in [-0.2, -0.15) is 0 Å². The third kappa shape index (κ3) is 7.06. The van der Waals surface area contributed by atoms with Crippen LogP contribution < -0.4 is 10.6 Å². The number of benzene rings is 3. The molecule has 3 amide bonds. The van der Waals surface area contributed by atoms with Gasteiger partial charge in [0.1, 0.15) is 17.7 Å². The second-order valence-electron chi connectivity index (χ2n) is 14.0. The summed E-state index contributed by atoms with van der Waals surface area (Å²) < 4.78 is 4.82. The molecule has 12 nitrogen and oxygen atoms in total. The van der Waals surface area contributed by atoms with Gasteiger partial charge in [0, 0.05) is 13.1 Å². The minimum absolute atomic E-state index is 0.00990. The highest BCUT2D eigenvalue weighted by molar-refractivity contribution is 5.87. The van der Waals surface area contributed by atoms with E-state index in [9.17, 15) is 14.4 Å². The minimum atomic E-state index is -0.865. The lowest BCUT2D eigenvalue weighted by molar-refractivity contribution is -0.135. The summed E-state index contributed by atoms with van der Waals surface area (Å²) in [5.41, 5.74) is 6.70. The van der Waals surface area contributed by atoms with Crippen LogP contribution in [-0.4, -0.2) is 80.4 Å². The maximum Gasteiger partial charge on any atom is 0.407 e. The van der Waals surface area contributed by atoms with Crippen LogP contribution in [0.3, 0.4) is 0 Å². The highest BCUT2D eigenvalue weighted by Crippen LogP contribution is 2.36. The molecule has 0 radical (unpaired) electrons. The van der Waals surface area contributed by atoms with Gasteiger partial charge in [-0.25, -0.2) is 14.8 Å². The normalized spacial score (nSPS) is 20.4. The first-order chi connectivity index (χ1) is 26.0. The van der Waals surface area contributed by atoms with Gasteiger partial charge in [0.15, 0.2) is 0 Å². The molecule has 2 aromatic heterocycles. The van der Waals surface area contributed by atoms with Crippen LogP contribution in [0.1, 0.15) is 73.9 Å². The Morgan fingerprint density at radius 2 is 1.26 bits per heavy atom. The van der Waals surface area contributed by atoms with E-state index in [0.29, 0.717) is 12.1 Å². The lowest BCUT2D eigenvalue weighted by Gasteiger charge is -2.28. The molecule has 3 aliphatic rings. The molecule has 0 spiro atoms. The number of nitrogens with zero attached hydrogens (tertiary/aromatic N) is 4. The average molecular weight is 713 g/mol. The van der Waals surface area contributed by atoms with Crippen molar-refractivity contribution in [1.29, 1.82) is 0 Å². The average Bonchev–Trinajstić information content (AvgIpc) is 4.06. The molecule has 3 saturated heterocycles. The Bertz CT molecular complexity index is 2050. The molecule has 12 heteroatoms. The van der Waals surface area contributed by atoms with Crippen LogP contribution in [0.15, 0.2) is 91.3 Å². The van der Waals surface area contributed by atoms with E-state index in [0.717, 1.165) is 96.9 Å². The zero-order valence-electron chi connectivity index (χ0n) is 29.8. The third-order valence-electron chi connectivity index (χ3n) is 10.8. The highest BCUT2D eigenvalue weighted by atomic mass is 16.5. The van der Waals surface area contributed by atoms with Crippen molar-refractivity contribution in [2.75, 3.05) is 26.7 Å². The third-order valence-corrected chi connectivity index (χ3v) is 10.8. The summed E-state index contributed by atoms with van der Waals surface area (Å²) in [6, 6.07) is 24.8. The van der Waals surface area contributed by atoms with Gasteiger partial charge in [-0.3, -0.25) is 9.59 Å². The predicted molar refractivity (Wildman–Crippen MR) is 200 cm³/mol. The molecule has 5 heterocycles. The van der Waals surface area contributed by atoms with Crippen molar-refractivity contribution in [3.8, 4) is 33.6 Å². The summed E-state index contributed by atoms with van der Waals surface area (Å²) in [5.74, 6) is 1.57. The van der Waals surface area contributed by atoms with Crippen molar-refractivity contribution in [3.05, 3.63) is 108 Å². The molecule has 0 bridgehead atoms. The number of carbonyl (C=O) groups excluding carboxylic acids is 3. The van der Waals surface area contributed by atoms with Crippen LogP contribution in [-0.2, 0) is 14.3 Å². The number of alkyl carbamates (subject to hydrolysis) is 1. The van der Waals surface area contributed by atoms with Crippen molar-refractivity contribution in [1.82, 2.24) is 40.4 Å². The molecule has 8 rings (SSSR count). The number of likely N-dealkylation sites (tertiary alicyclic amines) is 2. The number of nitrogens with one attached hydrogen (secondary N) is 4. The second-order valence-corrected chi connectivity index (χ2v) is 14.0. The molecule has 5 aromatic rings. The molecule has 3 fully saturated rings. The van der Waals surface area contributed by atoms with Gasteiger partial charge in [0.2, 0.25) is 5.91 Å². The van der Waals surface area contributed by atoms with Crippen LogP contribution in [0, 0.1) is 0 Å². The molecule has 0 aliphatic carbocycles. The Balaban J connectivity index is 0.929. The summed E-state index contributed by atoms with van der Waals surface area (Å²) >= 11 is 0. The Hall–Kier alpha value is -5.75. The van der Waals surface area contributed by atoms with Crippen molar-refractivity contribution in [2.45, 2.75) is 62.7 Å². The minimum Gasteiger partial charge on any atom is -0.453 e. The fourth-order valence-corrected chi connectivity index (χ4v) is 7.99. The number of ether oxygens (including phenoxy) is 1. The molecule has 4 N–H and O–H groups in total. The number of aromatic nitrogens is 4. The molecular weight excluding hydrogens is 669 g/mol. The number of H-pyrrole nitrogens is 2. The summed E-state index contributed by atoms with van der Waals surface area (Å²) in [7, 11) is 1.29. The maximum atomic E-state index is 13.9. The SMILES string of the molecule is COC(=O)N[C@@H](C(=O)N1CCC[C@H]1c1ncc(-c2ccc(-c3ccc(-c4cnc([C@@H]5CCCN5C(=O)[C@@H]5CCCN5)[nH]4)cc3)cc2)[nH]1)c1ccccc1. The molecule has 272 valence electrons. The number of carbonyl (C=O) groups is 3. The standard InChI is InChI=1S/C41H44N8O4/c1-53-41(52)47-36(30-8-3-2-4-9-30)40(51)49-23-7-12-35(49)38-44-25-33(46-38)29-19-15-27(16-20-29)26-13-17-28(18-14-26)32-24-43-37(45-32)34-11-6-22-48(34)39(50)31-10-5-21-42-31/h2-4,8-9,13-20,24-25,31,34-36,42H,5-7,10-12,21-23H2,1H3,(H,43,45)(H,44,46)(H,47,52)/t31-,34-,35-,36+/m0/s1. The van der Waals surface area contributed by atoms with E-state index < -0.39 is 12.1 Å². The van der Waals surface area contributed by atoms with Crippen LogP contribution >= 0.6 is 0 Å².